The molecule has 3 heterocycles. The summed E-state index contributed by atoms with van der Waals surface area (Å²) in [6.45, 7) is 4.50. The smallest absolute Gasteiger partial charge is 0.198 e. The van der Waals surface area contributed by atoms with E-state index < -0.39 is 72.7 Å². The van der Waals surface area contributed by atoms with Gasteiger partial charge in [-0.25, -0.2) is 0 Å². The number of rotatable bonds is 7. The molecule has 3 fully saturated rings. The number of methoxy groups -OCH3 is 3. The van der Waals surface area contributed by atoms with Gasteiger partial charge in [0.25, 0.3) is 0 Å². The highest BCUT2D eigenvalue weighted by Gasteiger charge is 2.55. The van der Waals surface area contributed by atoms with Crippen LogP contribution in [-0.2, 0) is 44.4 Å². The number of aliphatic hydroxyl groups is 1. The Morgan fingerprint density at radius 3 is 2.57 bits per heavy atom. The Labute approximate surface area is 282 Å². The zero-order valence-electron chi connectivity index (χ0n) is 27.6. The molecule has 3 saturated heterocycles. The summed E-state index contributed by atoms with van der Waals surface area (Å²) in [6, 6.07) is 4.57. The van der Waals surface area contributed by atoms with Crippen molar-refractivity contribution in [2.45, 2.75) is 74.9 Å². The van der Waals surface area contributed by atoms with Gasteiger partial charge >= 0.3 is 0 Å². The van der Waals surface area contributed by atoms with Crippen LogP contribution in [0.15, 0.2) is 18.2 Å². The molecule has 0 radical (unpaired) electrons. The number of hydrogen-bond donors (Lipinski definition) is 4. The van der Waals surface area contributed by atoms with E-state index in [9.17, 15) is 24.9 Å². The van der Waals surface area contributed by atoms with Crippen molar-refractivity contribution in [3.8, 4) is 17.2 Å². The molecule has 2 aliphatic carbocycles. The molecule has 0 saturated carbocycles. The number of fused-ring (bicyclic) bond motifs is 6. The lowest BCUT2D eigenvalue weighted by molar-refractivity contribution is -0.256. The predicted molar refractivity (Wildman–Crippen MR) is 168 cm³/mol. The molecule has 0 bridgehead atoms. The molecule has 0 aromatic heterocycles. The normalized spacial score (nSPS) is 31.7. The van der Waals surface area contributed by atoms with Gasteiger partial charge in [0.15, 0.2) is 30.4 Å². The lowest BCUT2D eigenvalue weighted by atomic mass is 9.71. The summed E-state index contributed by atoms with van der Waals surface area (Å²) >= 11 is 0. The lowest BCUT2D eigenvalue weighted by Gasteiger charge is -2.43. The first kappa shape index (κ1) is 35.0. The second-order valence-corrected chi connectivity index (χ2v) is 12.6. The molecule has 8 unspecified atom stereocenters. The Morgan fingerprint density at radius 2 is 1.88 bits per heavy atom. The van der Waals surface area contributed by atoms with Crippen molar-refractivity contribution in [2.75, 3.05) is 41.1 Å². The van der Waals surface area contributed by atoms with E-state index in [-0.39, 0.29) is 63.4 Å². The molecule has 15 nitrogen and oxygen atoms in total. The summed E-state index contributed by atoms with van der Waals surface area (Å²) < 4.78 is 40.8. The van der Waals surface area contributed by atoms with Gasteiger partial charge in [0, 0.05) is 62.8 Å². The van der Waals surface area contributed by atoms with Gasteiger partial charge in [0.05, 0.1) is 48.3 Å². The van der Waals surface area contributed by atoms with Crippen LogP contribution in [0.4, 0.5) is 0 Å². The van der Waals surface area contributed by atoms with Crippen LogP contribution < -0.4 is 4.74 Å². The molecule has 5 aliphatic rings. The Morgan fingerprint density at radius 1 is 1.12 bits per heavy atom. The van der Waals surface area contributed by atoms with E-state index in [2.05, 4.69) is 4.90 Å². The number of phenolic OH excluding ortho intramolecular Hbond substituents is 2. The van der Waals surface area contributed by atoms with Crippen LogP contribution in [0.2, 0.25) is 0 Å². The van der Waals surface area contributed by atoms with Crippen molar-refractivity contribution in [2.24, 2.45) is 0 Å². The van der Waals surface area contributed by atoms with Crippen molar-refractivity contribution in [3.05, 3.63) is 51.6 Å². The first-order chi connectivity index (χ1) is 23.5. The number of hydrogen-bond acceptors (Lipinski definition) is 15. The molecule has 3 aliphatic heterocycles. The third kappa shape index (κ3) is 5.54. The molecule has 264 valence electrons. The number of aromatic hydroxyl groups is 2. The van der Waals surface area contributed by atoms with E-state index in [1.807, 2.05) is 13.7 Å². The fourth-order valence-corrected chi connectivity index (χ4v) is 7.85. The van der Waals surface area contributed by atoms with Crippen molar-refractivity contribution in [1.29, 1.82) is 5.41 Å². The van der Waals surface area contributed by atoms with Crippen molar-refractivity contribution in [1.82, 2.24) is 4.90 Å². The molecule has 49 heavy (non-hydrogen) atoms. The third-order valence-corrected chi connectivity index (χ3v) is 10.0. The van der Waals surface area contributed by atoms with Gasteiger partial charge in [-0.1, -0.05) is 12.1 Å². The number of ketones is 2. The van der Waals surface area contributed by atoms with Crippen molar-refractivity contribution < 1.29 is 62.9 Å². The van der Waals surface area contributed by atoms with Crippen LogP contribution in [0.1, 0.15) is 64.0 Å². The minimum absolute atomic E-state index is 0.0286. The zero-order valence-corrected chi connectivity index (χ0v) is 27.6. The second-order valence-electron chi connectivity index (χ2n) is 12.6. The number of Topliss-reactive ketones (excluding diaryl/α,β-unsaturated/α-hetero) is 1. The average molecular weight is 685 g/mol. The van der Waals surface area contributed by atoms with Crippen LogP contribution in [0.3, 0.4) is 0 Å². The summed E-state index contributed by atoms with van der Waals surface area (Å²) in [7, 11) is 4.29. The molecule has 2 aromatic carbocycles. The van der Waals surface area contributed by atoms with Gasteiger partial charge in [0.1, 0.15) is 42.3 Å². The Hall–Kier alpha value is -3.80. The standard InChI is InChI=1S/C33H38N2O12.CH2O/c1-14-30-17(35-8-9-44-32(43-4)31(35)47-30)10-21(45-14)46-19-12-33(40,20(36)13-41-2)11-16-23(19)29(39)24-25(28(16)38)27(37)15-6-5-7-18(42-3)22(15)26(24)34;1-2/h5-7,14,17,19,21,30-32,34,38-40H,8-13H2,1-4H3;1H2. The molecular formula is C34H40N2O13. The molecule has 4 N–H and O–H groups in total. The minimum Gasteiger partial charge on any atom is -0.507 e. The van der Waals surface area contributed by atoms with Crippen molar-refractivity contribution >= 4 is 24.1 Å². The van der Waals surface area contributed by atoms with Crippen LogP contribution in [0.5, 0.6) is 17.2 Å². The highest BCUT2D eigenvalue weighted by Crippen LogP contribution is 2.53. The number of morpholine rings is 1. The van der Waals surface area contributed by atoms with Crippen LogP contribution in [-0.4, -0.2) is 128 Å². The van der Waals surface area contributed by atoms with Crippen LogP contribution >= 0.6 is 0 Å². The maximum absolute atomic E-state index is 13.8. The Kier molecular flexibility index (Phi) is 9.65. The zero-order chi connectivity index (χ0) is 35.4. The number of carbonyl (C=O) groups excluding carboxylic acids is 3. The minimum atomic E-state index is -2.07. The Balaban J connectivity index is 0.00000205. The van der Waals surface area contributed by atoms with E-state index in [0.29, 0.717) is 19.6 Å². The average Bonchev–Trinajstić information content (AvgIpc) is 3.48. The predicted octanol–water partition coefficient (Wildman–Crippen LogP) is 1.37. The fourth-order valence-electron chi connectivity index (χ4n) is 7.85. The summed E-state index contributed by atoms with van der Waals surface area (Å²) in [6.07, 6.45) is -4.19. The largest absolute Gasteiger partial charge is 0.507 e. The molecular weight excluding hydrogens is 644 g/mol. The van der Waals surface area contributed by atoms with Gasteiger partial charge in [-0.05, 0) is 13.0 Å². The number of carbonyl (C=O) groups is 3. The molecule has 15 heteroatoms. The number of benzene rings is 2. The third-order valence-electron chi connectivity index (χ3n) is 10.0. The van der Waals surface area contributed by atoms with E-state index in [0.717, 1.165) is 0 Å². The number of ether oxygens (including phenoxy) is 7. The van der Waals surface area contributed by atoms with E-state index in [1.165, 1.54) is 20.3 Å². The van der Waals surface area contributed by atoms with E-state index in [1.54, 1.807) is 19.2 Å². The van der Waals surface area contributed by atoms with E-state index >= 15 is 0 Å². The monoisotopic (exact) mass is 684 g/mol. The number of phenols is 2. The maximum Gasteiger partial charge on any atom is 0.198 e. The second kappa shape index (κ2) is 13.5. The molecule has 0 amide bonds. The molecule has 7 rings (SSSR count). The fraction of sp³-hybridized carbons (Fsp3) is 0.529. The van der Waals surface area contributed by atoms with Gasteiger partial charge in [0.2, 0.25) is 0 Å². The van der Waals surface area contributed by atoms with Crippen LogP contribution in [0.25, 0.3) is 0 Å². The molecule has 0 spiro atoms. The summed E-state index contributed by atoms with van der Waals surface area (Å²) in [4.78, 5) is 37.2. The summed E-state index contributed by atoms with van der Waals surface area (Å²) in [5.74, 6) is -2.05. The molecule has 2 aromatic rings. The highest BCUT2D eigenvalue weighted by molar-refractivity contribution is 6.32. The lowest BCUT2D eigenvalue weighted by Crippen LogP contribution is -2.55. The summed E-state index contributed by atoms with van der Waals surface area (Å²) in [5, 5.41) is 44.4. The van der Waals surface area contributed by atoms with Gasteiger partial charge in [-0.3, -0.25) is 19.9 Å². The van der Waals surface area contributed by atoms with Gasteiger partial charge in [-0.2, -0.15) is 0 Å². The topological polar surface area (TPSA) is 204 Å². The molecule has 8 atom stereocenters. The van der Waals surface area contributed by atoms with Gasteiger partial charge in [-0.15, -0.1) is 0 Å². The highest BCUT2D eigenvalue weighted by atomic mass is 16.7. The number of nitrogens with one attached hydrogen (secondary N) is 1. The maximum atomic E-state index is 13.8. The number of nitrogens with zero attached hydrogens (tertiary/aromatic N) is 1. The van der Waals surface area contributed by atoms with Gasteiger partial charge < -0.3 is 53.3 Å². The Bertz CT molecular complexity index is 1670. The van der Waals surface area contributed by atoms with Crippen molar-refractivity contribution in [3.63, 3.8) is 0 Å². The summed E-state index contributed by atoms with van der Waals surface area (Å²) in [5.41, 5.74) is -2.45. The SMILES string of the molecule is C=O.COCC(=O)C1(O)Cc2c(O)c3c(c(O)c2C(OC2CC4C(OC5C(OC)OCCN45)C(C)O2)C1)C(=N)c1c(OC)cccc1C3=O. The first-order valence-corrected chi connectivity index (χ1v) is 15.8. The van der Waals surface area contributed by atoms with E-state index in [4.69, 9.17) is 43.4 Å². The first-order valence-electron chi connectivity index (χ1n) is 15.8. The van der Waals surface area contributed by atoms with Crippen LogP contribution in [0, 0.1) is 5.41 Å². The quantitative estimate of drug-likeness (QED) is 0.260.